The van der Waals surface area contributed by atoms with Gasteiger partial charge in [-0.1, -0.05) is 88.4 Å². The Morgan fingerprint density at radius 1 is 0.596 bits per heavy atom. The van der Waals surface area contributed by atoms with Crippen molar-refractivity contribution in [3.8, 4) is 0 Å². The molecule has 0 spiro atoms. The minimum atomic E-state index is -0.706. The molecule has 0 bridgehead atoms. The molecule has 0 aliphatic carbocycles. The number of esters is 2. The van der Waals surface area contributed by atoms with Crippen molar-refractivity contribution >= 4 is 23.8 Å². The number of hydrogen-bond acceptors (Lipinski definition) is 8. The van der Waals surface area contributed by atoms with E-state index in [0.29, 0.717) is 25.7 Å². The van der Waals surface area contributed by atoms with Crippen LogP contribution in [0.4, 0.5) is 0 Å². The van der Waals surface area contributed by atoms with Crippen LogP contribution in [0.15, 0.2) is 60.7 Å². The highest BCUT2D eigenvalue weighted by atomic mass is 16.5. The molecule has 1 aliphatic rings. The summed E-state index contributed by atoms with van der Waals surface area (Å²) >= 11 is 0. The lowest BCUT2D eigenvalue weighted by Gasteiger charge is -2.35. The summed E-state index contributed by atoms with van der Waals surface area (Å²) in [6.07, 6.45) is 3.28. The fourth-order valence-corrected chi connectivity index (χ4v) is 7.51. The van der Waals surface area contributed by atoms with Crippen molar-refractivity contribution in [3.63, 3.8) is 0 Å². The smallest absolute Gasteiger partial charge is 0.309 e. The van der Waals surface area contributed by atoms with E-state index >= 15 is 0 Å². The number of ether oxygens (including phenoxy) is 4. The third-order valence-corrected chi connectivity index (χ3v) is 10.7. The SMILES string of the molecule is CCC(CC1C(=O)N(CCOC)CCOC(=O)C(CC)C(CC(CC)c2ccccc2)C(=O)N(CCOC)CCOC(=O)C1CC)c1ccccc1. The third-order valence-electron chi connectivity index (χ3n) is 10.7. The maximum Gasteiger partial charge on any atom is 0.309 e. The van der Waals surface area contributed by atoms with Gasteiger partial charge in [0.25, 0.3) is 0 Å². The molecule has 2 aromatic carbocycles. The van der Waals surface area contributed by atoms with Crippen molar-refractivity contribution in [2.45, 2.75) is 78.1 Å². The maximum absolute atomic E-state index is 14.6. The molecule has 6 atom stereocenters. The zero-order valence-corrected chi connectivity index (χ0v) is 32.3. The van der Waals surface area contributed by atoms with E-state index in [-0.39, 0.29) is 76.3 Å². The van der Waals surface area contributed by atoms with Crippen LogP contribution in [-0.4, -0.2) is 100 Å². The molecule has 1 saturated heterocycles. The molecule has 2 aromatic rings. The van der Waals surface area contributed by atoms with Gasteiger partial charge in [-0.05, 0) is 61.5 Å². The molecule has 3 rings (SSSR count). The predicted molar refractivity (Wildman–Crippen MR) is 202 cm³/mol. The van der Waals surface area contributed by atoms with Gasteiger partial charge in [0.05, 0.1) is 50.0 Å². The van der Waals surface area contributed by atoms with E-state index in [1.807, 2.05) is 50.2 Å². The van der Waals surface area contributed by atoms with Gasteiger partial charge in [-0.2, -0.15) is 0 Å². The second kappa shape index (κ2) is 23.0. The molecule has 0 aromatic heterocycles. The van der Waals surface area contributed by atoms with E-state index in [2.05, 4.69) is 38.1 Å². The number of benzene rings is 2. The Kier molecular flexibility index (Phi) is 18.9. The largest absolute Gasteiger partial charge is 0.464 e. The van der Waals surface area contributed by atoms with Crippen molar-refractivity contribution in [2.75, 3.05) is 66.8 Å². The average molecular weight is 723 g/mol. The van der Waals surface area contributed by atoms with E-state index in [9.17, 15) is 19.2 Å². The lowest BCUT2D eigenvalue weighted by Crippen LogP contribution is -2.47. The number of rotatable bonds is 16. The van der Waals surface area contributed by atoms with E-state index in [4.69, 9.17) is 18.9 Å². The van der Waals surface area contributed by atoms with E-state index in [1.165, 1.54) is 0 Å². The van der Waals surface area contributed by atoms with Gasteiger partial charge in [0, 0.05) is 27.3 Å². The van der Waals surface area contributed by atoms with E-state index in [1.54, 1.807) is 24.0 Å². The highest BCUT2D eigenvalue weighted by Crippen LogP contribution is 2.35. The monoisotopic (exact) mass is 722 g/mol. The Labute approximate surface area is 311 Å². The van der Waals surface area contributed by atoms with E-state index in [0.717, 1.165) is 24.0 Å². The number of methoxy groups -OCH3 is 2. The zero-order chi connectivity index (χ0) is 37.9. The van der Waals surface area contributed by atoms with Crippen LogP contribution in [0.25, 0.3) is 0 Å². The Balaban J connectivity index is 2.03. The second-order valence-electron chi connectivity index (χ2n) is 13.7. The minimum absolute atomic E-state index is 0.0388. The summed E-state index contributed by atoms with van der Waals surface area (Å²) in [5.41, 5.74) is 2.21. The summed E-state index contributed by atoms with van der Waals surface area (Å²) < 4.78 is 22.6. The first-order chi connectivity index (χ1) is 25.2. The van der Waals surface area contributed by atoms with Gasteiger partial charge >= 0.3 is 11.9 Å². The first kappa shape index (κ1) is 42.7. The third kappa shape index (κ3) is 12.2. The molecule has 1 heterocycles. The summed E-state index contributed by atoms with van der Waals surface area (Å²) in [6.45, 7) is 9.28. The fourth-order valence-electron chi connectivity index (χ4n) is 7.51. The molecule has 10 nitrogen and oxygen atoms in total. The first-order valence-corrected chi connectivity index (χ1v) is 19.2. The van der Waals surface area contributed by atoms with Crippen molar-refractivity contribution in [1.82, 2.24) is 9.80 Å². The number of amides is 2. The normalized spacial score (nSPS) is 22.5. The zero-order valence-electron chi connectivity index (χ0n) is 32.3. The van der Waals surface area contributed by atoms with Gasteiger partial charge in [-0.25, -0.2) is 0 Å². The Hall–Kier alpha value is -3.76. The van der Waals surface area contributed by atoms with Crippen LogP contribution in [0, 0.1) is 23.7 Å². The fraction of sp³-hybridized carbons (Fsp3) is 0.619. The molecule has 1 aliphatic heterocycles. The molecule has 0 saturated carbocycles. The summed E-state index contributed by atoms with van der Waals surface area (Å²) in [4.78, 5) is 60.3. The average Bonchev–Trinajstić information content (AvgIpc) is 3.17. The molecule has 6 unspecified atom stereocenters. The molecule has 2 amide bonds. The standard InChI is InChI=1S/C42H62N2O8/c1-7-31(33-17-13-11-14-18-33)29-37-35(9-3)41(47)51-28-24-44(22-26-50-6)40(46)38(30-32(8-2)34-19-15-12-16-20-34)36(10-4)42(48)52-27-23-43(39(37)45)21-25-49-5/h11-20,31-32,35-38H,7-10,21-30H2,1-6H3. The predicted octanol–water partition coefficient (Wildman–Crippen LogP) is 6.49. The van der Waals surface area contributed by atoms with Crippen LogP contribution in [0.3, 0.4) is 0 Å². The Morgan fingerprint density at radius 3 is 1.27 bits per heavy atom. The maximum atomic E-state index is 14.6. The number of cyclic esters (lactones) is 2. The molecular weight excluding hydrogens is 660 g/mol. The van der Waals surface area contributed by atoms with Crippen molar-refractivity contribution in [2.24, 2.45) is 23.7 Å². The number of nitrogens with zero attached hydrogens (tertiary/aromatic N) is 2. The second-order valence-corrected chi connectivity index (χ2v) is 13.7. The van der Waals surface area contributed by atoms with Crippen molar-refractivity contribution in [3.05, 3.63) is 71.8 Å². The molecule has 0 radical (unpaired) electrons. The molecule has 52 heavy (non-hydrogen) atoms. The van der Waals surface area contributed by atoms with Crippen molar-refractivity contribution < 1.29 is 38.1 Å². The Morgan fingerprint density at radius 2 is 0.962 bits per heavy atom. The quantitative estimate of drug-likeness (QED) is 0.181. The summed E-state index contributed by atoms with van der Waals surface area (Å²) in [7, 11) is 3.15. The van der Waals surface area contributed by atoms with Gasteiger partial charge in [0.2, 0.25) is 11.8 Å². The van der Waals surface area contributed by atoms with Crippen LogP contribution in [0.1, 0.15) is 89.2 Å². The van der Waals surface area contributed by atoms with Gasteiger partial charge in [-0.15, -0.1) is 0 Å². The highest BCUT2D eigenvalue weighted by Gasteiger charge is 2.40. The van der Waals surface area contributed by atoms with Crippen LogP contribution in [0.2, 0.25) is 0 Å². The summed E-state index contributed by atoms with van der Waals surface area (Å²) in [5.74, 6) is -3.96. The highest BCUT2D eigenvalue weighted by molar-refractivity contribution is 5.87. The lowest BCUT2D eigenvalue weighted by atomic mass is 9.78. The van der Waals surface area contributed by atoms with Gasteiger partial charge in [-0.3, -0.25) is 19.2 Å². The Bertz CT molecular complexity index is 1250. The van der Waals surface area contributed by atoms with Crippen LogP contribution in [-0.2, 0) is 38.1 Å². The van der Waals surface area contributed by atoms with Crippen LogP contribution < -0.4 is 0 Å². The first-order valence-electron chi connectivity index (χ1n) is 19.2. The topological polar surface area (TPSA) is 112 Å². The molecule has 288 valence electrons. The van der Waals surface area contributed by atoms with Crippen LogP contribution in [0.5, 0.6) is 0 Å². The summed E-state index contributed by atoms with van der Waals surface area (Å²) in [6, 6.07) is 20.1. The number of carbonyl (C=O) groups excluding carboxylic acids is 4. The molecule has 1 fully saturated rings. The minimum Gasteiger partial charge on any atom is -0.464 e. The van der Waals surface area contributed by atoms with Crippen LogP contribution >= 0.6 is 0 Å². The summed E-state index contributed by atoms with van der Waals surface area (Å²) in [5, 5.41) is 0. The van der Waals surface area contributed by atoms with Gasteiger partial charge < -0.3 is 28.7 Å². The molecular formula is C42H62N2O8. The number of hydrogen-bond donors (Lipinski definition) is 0. The van der Waals surface area contributed by atoms with E-state index < -0.39 is 35.6 Å². The number of carbonyl (C=O) groups is 4. The lowest BCUT2D eigenvalue weighted by molar-refractivity contribution is -0.161. The van der Waals surface area contributed by atoms with Gasteiger partial charge in [0.15, 0.2) is 0 Å². The molecule has 0 N–H and O–H groups in total. The van der Waals surface area contributed by atoms with Gasteiger partial charge in [0.1, 0.15) is 13.2 Å². The van der Waals surface area contributed by atoms with Crippen molar-refractivity contribution in [1.29, 1.82) is 0 Å². The molecule has 10 heteroatoms.